The minimum absolute atomic E-state index is 0.0788. The molecule has 3 heteroatoms. The monoisotopic (exact) mass is 185 g/mol. The number of thioether (sulfide) groups is 1. The van der Waals surface area contributed by atoms with Gasteiger partial charge in [-0.3, -0.25) is 9.69 Å². The van der Waals surface area contributed by atoms with E-state index in [1.54, 1.807) is 6.26 Å². The largest absolute Gasteiger partial charge is 0.294 e. The normalized spacial score (nSPS) is 10.8. The quantitative estimate of drug-likeness (QED) is 0.573. The zero-order valence-corrected chi connectivity index (χ0v) is 9.08. The van der Waals surface area contributed by atoms with Gasteiger partial charge in [-0.1, -0.05) is 17.7 Å². The minimum Gasteiger partial charge on any atom is -0.294 e. The molecule has 0 radical (unpaired) electrons. The predicted octanol–water partition coefficient (Wildman–Crippen LogP) is 1.22. The fourth-order valence-corrected chi connectivity index (χ4v) is 0.520. The highest BCUT2D eigenvalue weighted by Crippen LogP contribution is 2.07. The molecule has 0 bridgehead atoms. The number of hydrogen-bond acceptors (Lipinski definition) is 3. The van der Waals surface area contributed by atoms with Crippen LogP contribution >= 0.6 is 11.8 Å². The molecule has 0 aliphatic rings. The maximum absolute atomic E-state index is 10.9. The Labute approximate surface area is 78.7 Å². The lowest BCUT2D eigenvalue weighted by Gasteiger charge is -2.26. The van der Waals surface area contributed by atoms with Gasteiger partial charge in [-0.15, -0.1) is 0 Å². The summed E-state index contributed by atoms with van der Waals surface area (Å²) in [6, 6.07) is 0. The van der Waals surface area contributed by atoms with Crippen LogP contribution in [0.25, 0.3) is 0 Å². The lowest BCUT2D eigenvalue weighted by Crippen LogP contribution is -2.36. The second-order valence-electron chi connectivity index (χ2n) is 3.20. The molecule has 0 heterocycles. The van der Waals surface area contributed by atoms with Crippen molar-refractivity contribution in [2.45, 2.75) is 19.4 Å². The Bertz CT molecular complexity index is 222. The van der Waals surface area contributed by atoms with E-state index < -0.39 is 0 Å². The molecular weight excluding hydrogens is 170 g/mol. The fourth-order valence-electron chi connectivity index (χ4n) is 0.367. The predicted molar refractivity (Wildman–Crippen MR) is 54.1 cm³/mol. The molecule has 0 rings (SSSR count). The molecule has 0 aromatic rings. The first kappa shape index (κ1) is 11.5. The standard InChI is InChI=1S/C9H15NOS/c1-9(2,10(3)4)7-6-8(11)12-5/h1-5H3. The molecule has 0 N–H and O–H groups in total. The van der Waals surface area contributed by atoms with E-state index in [0.29, 0.717) is 0 Å². The van der Waals surface area contributed by atoms with Gasteiger partial charge in [0.1, 0.15) is 0 Å². The Balaban J connectivity index is 4.38. The first-order valence-electron chi connectivity index (χ1n) is 3.68. The smallest absolute Gasteiger partial charge is 0.262 e. The molecule has 0 amide bonds. The summed E-state index contributed by atoms with van der Waals surface area (Å²) in [5, 5.41) is -0.0788. The van der Waals surface area contributed by atoms with Crippen LogP contribution < -0.4 is 0 Å². The molecule has 0 spiro atoms. The van der Waals surface area contributed by atoms with E-state index in [1.807, 2.05) is 32.8 Å². The average molecular weight is 185 g/mol. The van der Waals surface area contributed by atoms with Crippen molar-refractivity contribution < 1.29 is 4.79 Å². The van der Waals surface area contributed by atoms with Gasteiger partial charge < -0.3 is 0 Å². The molecule has 0 atom stereocenters. The molecule has 0 aromatic heterocycles. The molecule has 0 aliphatic heterocycles. The van der Waals surface area contributed by atoms with Gasteiger partial charge in [-0.05, 0) is 40.1 Å². The van der Waals surface area contributed by atoms with Gasteiger partial charge in [0.2, 0.25) is 0 Å². The molecule has 0 fully saturated rings. The van der Waals surface area contributed by atoms with Crippen LogP contribution in [0.4, 0.5) is 0 Å². The van der Waals surface area contributed by atoms with Gasteiger partial charge in [0.15, 0.2) is 0 Å². The number of rotatable bonds is 1. The summed E-state index contributed by atoms with van der Waals surface area (Å²) in [5.41, 5.74) is -0.231. The van der Waals surface area contributed by atoms with Gasteiger partial charge in [0.25, 0.3) is 5.12 Å². The Hall–Kier alpha value is -0.460. The van der Waals surface area contributed by atoms with Crippen molar-refractivity contribution in [2.24, 2.45) is 0 Å². The fraction of sp³-hybridized carbons (Fsp3) is 0.667. The molecule has 2 nitrogen and oxygen atoms in total. The zero-order valence-electron chi connectivity index (χ0n) is 8.26. The summed E-state index contributed by atoms with van der Waals surface area (Å²) in [4.78, 5) is 12.8. The highest BCUT2D eigenvalue weighted by atomic mass is 32.2. The van der Waals surface area contributed by atoms with Crippen LogP contribution in [0, 0.1) is 11.8 Å². The second kappa shape index (κ2) is 4.54. The molecule has 12 heavy (non-hydrogen) atoms. The van der Waals surface area contributed by atoms with E-state index in [9.17, 15) is 4.79 Å². The molecular formula is C9H15NOS. The minimum atomic E-state index is -0.231. The molecule has 68 valence electrons. The number of carbonyl (C=O) groups is 1. The van der Waals surface area contributed by atoms with Gasteiger partial charge >= 0.3 is 0 Å². The summed E-state index contributed by atoms with van der Waals surface area (Å²) in [6.45, 7) is 3.96. The molecule has 0 unspecified atom stereocenters. The number of nitrogens with zero attached hydrogens (tertiary/aromatic N) is 1. The van der Waals surface area contributed by atoms with E-state index in [4.69, 9.17) is 0 Å². The van der Waals surface area contributed by atoms with Gasteiger partial charge in [0.05, 0.1) is 5.54 Å². The van der Waals surface area contributed by atoms with Crippen LogP contribution in [0.5, 0.6) is 0 Å². The SMILES string of the molecule is CSC(=O)C#CC(C)(C)N(C)C. The Morgan fingerprint density at radius 3 is 2.25 bits per heavy atom. The van der Waals surface area contributed by atoms with Gasteiger partial charge in [-0.25, -0.2) is 0 Å². The molecule has 0 aromatic carbocycles. The third-order valence-corrected chi connectivity index (χ3v) is 2.25. The second-order valence-corrected chi connectivity index (χ2v) is 3.97. The molecule has 0 aliphatic carbocycles. The van der Waals surface area contributed by atoms with Crippen molar-refractivity contribution in [3.05, 3.63) is 0 Å². The Morgan fingerprint density at radius 2 is 1.92 bits per heavy atom. The maximum atomic E-state index is 10.9. The number of carbonyl (C=O) groups excluding carboxylic acids is 1. The highest BCUT2D eigenvalue weighted by molar-refractivity contribution is 8.13. The Kier molecular flexibility index (Phi) is 4.36. The van der Waals surface area contributed by atoms with Crippen LogP contribution in [0.3, 0.4) is 0 Å². The summed E-state index contributed by atoms with van der Waals surface area (Å²) in [5.74, 6) is 5.50. The molecule has 0 saturated carbocycles. The van der Waals surface area contributed by atoms with E-state index in [1.165, 1.54) is 0 Å². The van der Waals surface area contributed by atoms with Crippen LogP contribution in [-0.4, -0.2) is 35.9 Å². The molecule has 0 saturated heterocycles. The van der Waals surface area contributed by atoms with Crippen molar-refractivity contribution in [3.63, 3.8) is 0 Å². The lowest BCUT2D eigenvalue weighted by molar-refractivity contribution is -0.106. The topological polar surface area (TPSA) is 20.3 Å². The van der Waals surface area contributed by atoms with Gasteiger partial charge in [-0.2, -0.15) is 0 Å². The summed E-state index contributed by atoms with van der Waals surface area (Å²) < 4.78 is 0. The van der Waals surface area contributed by atoms with E-state index >= 15 is 0 Å². The van der Waals surface area contributed by atoms with Crippen LogP contribution in [0.2, 0.25) is 0 Å². The third kappa shape index (κ3) is 3.80. The number of hydrogen-bond donors (Lipinski definition) is 0. The van der Waals surface area contributed by atoms with Crippen LogP contribution in [0.15, 0.2) is 0 Å². The van der Waals surface area contributed by atoms with E-state index in [-0.39, 0.29) is 10.7 Å². The highest BCUT2D eigenvalue weighted by Gasteiger charge is 2.16. The van der Waals surface area contributed by atoms with Crippen molar-refractivity contribution in [2.75, 3.05) is 20.4 Å². The van der Waals surface area contributed by atoms with Crippen molar-refractivity contribution in [1.29, 1.82) is 0 Å². The van der Waals surface area contributed by atoms with Gasteiger partial charge in [0, 0.05) is 0 Å². The van der Waals surface area contributed by atoms with Crippen LogP contribution in [-0.2, 0) is 4.79 Å². The summed E-state index contributed by atoms with van der Waals surface area (Å²) in [6.07, 6.45) is 1.74. The van der Waals surface area contributed by atoms with Crippen LogP contribution in [0.1, 0.15) is 13.8 Å². The van der Waals surface area contributed by atoms with Crippen molar-refractivity contribution in [3.8, 4) is 11.8 Å². The van der Waals surface area contributed by atoms with Crippen molar-refractivity contribution >= 4 is 16.9 Å². The Morgan fingerprint density at radius 1 is 1.42 bits per heavy atom. The van der Waals surface area contributed by atoms with Crippen molar-refractivity contribution in [1.82, 2.24) is 4.90 Å². The first-order chi connectivity index (χ1) is 5.40. The third-order valence-electron chi connectivity index (χ3n) is 1.77. The van der Waals surface area contributed by atoms with E-state index in [0.717, 1.165) is 11.8 Å². The average Bonchev–Trinajstić information content (AvgIpc) is 2.00. The zero-order chi connectivity index (χ0) is 9.78. The summed E-state index contributed by atoms with van der Waals surface area (Å²) >= 11 is 1.15. The first-order valence-corrected chi connectivity index (χ1v) is 4.91. The maximum Gasteiger partial charge on any atom is 0.262 e. The summed E-state index contributed by atoms with van der Waals surface area (Å²) in [7, 11) is 3.89. The van der Waals surface area contributed by atoms with E-state index in [2.05, 4.69) is 11.8 Å². The lowest BCUT2D eigenvalue weighted by atomic mass is 10.1.